The molecule has 150 valence electrons. The third kappa shape index (κ3) is 12.4. The van der Waals surface area contributed by atoms with E-state index in [-0.39, 0.29) is 37.6 Å². The van der Waals surface area contributed by atoms with Crippen LogP contribution in [0.15, 0.2) is 0 Å². The summed E-state index contributed by atoms with van der Waals surface area (Å²) in [6.45, 7) is 7.91. The summed E-state index contributed by atoms with van der Waals surface area (Å²) in [5.41, 5.74) is 0. The van der Waals surface area contributed by atoms with Crippen molar-refractivity contribution in [2.75, 3.05) is 7.11 Å². The van der Waals surface area contributed by atoms with Gasteiger partial charge in [0, 0.05) is 13.5 Å². The third-order valence-corrected chi connectivity index (χ3v) is 3.34. The molecular weight excluding hydrogens is 344 g/mol. The van der Waals surface area contributed by atoms with Crippen LogP contribution in [0.4, 0.5) is 0 Å². The van der Waals surface area contributed by atoms with E-state index in [1.807, 2.05) is 0 Å². The number of esters is 3. The summed E-state index contributed by atoms with van der Waals surface area (Å²) < 4.78 is 20.2. The standard InChI is InChI=1S/C18H30O8/c1-11(19)7-13(3)24-17(21)9-15(5)26-18(22)10-14(4)25-16(20)8-12(2)23-6/h12-15H,7-10H2,1-6H3/t12?,13-,14?,15-/m1/s1. The van der Waals surface area contributed by atoms with E-state index in [9.17, 15) is 19.2 Å². The highest BCUT2D eigenvalue weighted by atomic mass is 16.6. The first kappa shape index (κ1) is 24.0. The van der Waals surface area contributed by atoms with Crippen LogP contribution in [-0.4, -0.2) is 55.2 Å². The van der Waals surface area contributed by atoms with E-state index < -0.39 is 36.2 Å². The van der Waals surface area contributed by atoms with Crippen molar-refractivity contribution in [3.63, 3.8) is 0 Å². The molecule has 0 saturated heterocycles. The highest BCUT2D eigenvalue weighted by molar-refractivity contribution is 5.77. The van der Waals surface area contributed by atoms with Crippen LogP contribution in [0.25, 0.3) is 0 Å². The molecule has 4 atom stereocenters. The van der Waals surface area contributed by atoms with Gasteiger partial charge in [-0.15, -0.1) is 0 Å². The fraction of sp³-hybridized carbons (Fsp3) is 0.778. The highest BCUT2D eigenvalue weighted by Crippen LogP contribution is 2.09. The number of carbonyl (C=O) groups excluding carboxylic acids is 4. The molecule has 0 aliphatic rings. The van der Waals surface area contributed by atoms with Crippen LogP contribution in [0.1, 0.15) is 60.3 Å². The van der Waals surface area contributed by atoms with Gasteiger partial charge in [0.1, 0.15) is 24.1 Å². The van der Waals surface area contributed by atoms with Crippen molar-refractivity contribution in [2.24, 2.45) is 0 Å². The van der Waals surface area contributed by atoms with Crippen LogP contribution in [0.2, 0.25) is 0 Å². The molecule has 0 fully saturated rings. The number of ether oxygens (including phenoxy) is 4. The zero-order valence-electron chi connectivity index (χ0n) is 16.4. The van der Waals surface area contributed by atoms with Crippen LogP contribution >= 0.6 is 0 Å². The summed E-state index contributed by atoms with van der Waals surface area (Å²) >= 11 is 0. The molecule has 2 unspecified atom stereocenters. The van der Waals surface area contributed by atoms with Gasteiger partial charge in [-0.05, 0) is 34.6 Å². The number of hydrogen-bond donors (Lipinski definition) is 0. The molecule has 8 heteroatoms. The van der Waals surface area contributed by atoms with Crippen molar-refractivity contribution < 1.29 is 38.1 Å². The fourth-order valence-electron chi connectivity index (χ4n) is 2.13. The van der Waals surface area contributed by atoms with Gasteiger partial charge in [0.2, 0.25) is 0 Å². The van der Waals surface area contributed by atoms with Gasteiger partial charge in [-0.25, -0.2) is 0 Å². The second-order valence-electron chi connectivity index (χ2n) is 6.47. The molecule has 0 bridgehead atoms. The number of rotatable bonds is 12. The Morgan fingerprint density at radius 3 is 1.23 bits per heavy atom. The molecule has 26 heavy (non-hydrogen) atoms. The van der Waals surface area contributed by atoms with Crippen LogP contribution in [0.3, 0.4) is 0 Å². The average Bonchev–Trinajstić information content (AvgIpc) is 2.44. The molecule has 0 radical (unpaired) electrons. The SMILES string of the molecule is COC(C)CC(=O)OC(C)CC(=O)O[C@H](C)CC(=O)O[C@H](C)CC(C)=O. The van der Waals surface area contributed by atoms with Gasteiger partial charge < -0.3 is 18.9 Å². The van der Waals surface area contributed by atoms with Crippen molar-refractivity contribution in [3.8, 4) is 0 Å². The topological polar surface area (TPSA) is 105 Å². The van der Waals surface area contributed by atoms with Gasteiger partial charge in [0.15, 0.2) is 0 Å². The van der Waals surface area contributed by atoms with E-state index in [1.165, 1.54) is 14.0 Å². The van der Waals surface area contributed by atoms with Crippen LogP contribution < -0.4 is 0 Å². The first-order valence-corrected chi connectivity index (χ1v) is 8.64. The lowest BCUT2D eigenvalue weighted by atomic mass is 10.2. The van der Waals surface area contributed by atoms with Crippen LogP contribution in [0, 0.1) is 0 Å². The number of Topliss-reactive ketones (excluding diaryl/α,β-unsaturated/α-hetero) is 1. The maximum atomic E-state index is 11.8. The van der Waals surface area contributed by atoms with Crippen molar-refractivity contribution in [1.29, 1.82) is 0 Å². The van der Waals surface area contributed by atoms with E-state index in [2.05, 4.69) is 0 Å². The zero-order valence-corrected chi connectivity index (χ0v) is 16.4. The van der Waals surface area contributed by atoms with Gasteiger partial charge in [-0.1, -0.05) is 0 Å². The Kier molecular flexibility index (Phi) is 11.5. The Hall–Kier alpha value is -1.96. The smallest absolute Gasteiger partial charge is 0.309 e. The molecule has 0 aromatic heterocycles. The number of methoxy groups -OCH3 is 1. The highest BCUT2D eigenvalue weighted by Gasteiger charge is 2.21. The maximum absolute atomic E-state index is 11.8. The second kappa shape index (κ2) is 12.4. The van der Waals surface area contributed by atoms with Gasteiger partial charge in [0.25, 0.3) is 0 Å². The van der Waals surface area contributed by atoms with Crippen LogP contribution in [0.5, 0.6) is 0 Å². The average molecular weight is 374 g/mol. The van der Waals surface area contributed by atoms with Gasteiger partial charge in [-0.3, -0.25) is 19.2 Å². The van der Waals surface area contributed by atoms with Crippen molar-refractivity contribution in [2.45, 2.75) is 84.7 Å². The first-order chi connectivity index (χ1) is 12.0. The Bertz CT molecular complexity index is 488. The summed E-state index contributed by atoms with van der Waals surface area (Å²) in [5, 5.41) is 0. The summed E-state index contributed by atoms with van der Waals surface area (Å²) in [6.07, 6.45) is -2.11. The first-order valence-electron chi connectivity index (χ1n) is 8.64. The Labute approximate surface area is 154 Å². The van der Waals surface area contributed by atoms with Crippen molar-refractivity contribution >= 4 is 23.7 Å². The number of hydrogen-bond acceptors (Lipinski definition) is 8. The quantitative estimate of drug-likeness (QED) is 0.377. The Morgan fingerprint density at radius 1 is 0.615 bits per heavy atom. The lowest BCUT2D eigenvalue weighted by molar-refractivity contribution is -0.160. The molecule has 8 nitrogen and oxygen atoms in total. The molecule has 0 saturated carbocycles. The second-order valence-corrected chi connectivity index (χ2v) is 6.47. The molecule has 0 heterocycles. The largest absolute Gasteiger partial charge is 0.462 e. The molecule has 0 rings (SSSR count). The third-order valence-electron chi connectivity index (χ3n) is 3.34. The molecule has 0 aromatic rings. The Morgan fingerprint density at radius 2 is 0.923 bits per heavy atom. The minimum Gasteiger partial charge on any atom is -0.462 e. The molecular formula is C18H30O8. The number of ketones is 1. The molecule has 0 aliphatic carbocycles. The van der Waals surface area contributed by atoms with Crippen molar-refractivity contribution in [3.05, 3.63) is 0 Å². The lowest BCUT2D eigenvalue weighted by Crippen LogP contribution is -2.26. The van der Waals surface area contributed by atoms with Gasteiger partial charge in [0.05, 0.1) is 25.4 Å². The van der Waals surface area contributed by atoms with E-state index >= 15 is 0 Å². The monoisotopic (exact) mass is 374 g/mol. The summed E-state index contributed by atoms with van der Waals surface area (Å²) in [7, 11) is 1.49. The predicted molar refractivity (Wildman–Crippen MR) is 92.3 cm³/mol. The zero-order chi connectivity index (χ0) is 20.3. The summed E-state index contributed by atoms with van der Waals surface area (Å²) in [4.78, 5) is 46.1. The van der Waals surface area contributed by atoms with Crippen LogP contribution in [-0.2, 0) is 38.1 Å². The lowest BCUT2D eigenvalue weighted by Gasteiger charge is -2.17. The molecule has 0 spiro atoms. The van der Waals surface area contributed by atoms with Gasteiger partial charge >= 0.3 is 17.9 Å². The summed E-state index contributed by atoms with van der Waals surface area (Å²) in [6, 6.07) is 0. The van der Waals surface area contributed by atoms with E-state index in [0.29, 0.717) is 0 Å². The normalized spacial score (nSPS) is 15.3. The molecule has 0 amide bonds. The van der Waals surface area contributed by atoms with E-state index in [1.54, 1.807) is 27.7 Å². The van der Waals surface area contributed by atoms with Crippen molar-refractivity contribution in [1.82, 2.24) is 0 Å². The molecule has 0 N–H and O–H groups in total. The predicted octanol–water partition coefficient (Wildman–Crippen LogP) is 1.97. The minimum atomic E-state index is -0.684. The van der Waals surface area contributed by atoms with E-state index in [0.717, 1.165) is 0 Å². The summed E-state index contributed by atoms with van der Waals surface area (Å²) in [5.74, 6) is -1.67. The Balaban J connectivity index is 4.15. The molecule has 0 aliphatic heterocycles. The number of carbonyl (C=O) groups is 4. The maximum Gasteiger partial charge on any atom is 0.309 e. The van der Waals surface area contributed by atoms with E-state index in [4.69, 9.17) is 18.9 Å². The molecule has 0 aromatic carbocycles. The minimum absolute atomic E-state index is 0.0757. The van der Waals surface area contributed by atoms with Gasteiger partial charge in [-0.2, -0.15) is 0 Å². The fourth-order valence-corrected chi connectivity index (χ4v) is 2.13.